The van der Waals surface area contributed by atoms with Crippen LogP contribution >= 0.6 is 34.5 Å². The number of aliphatic hydroxyl groups excluding tert-OH is 1. The van der Waals surface area contributed by atoms with E-state index in [4.69, 9.17) is 28.3 Å². The number of halogens is 3. The van der Waals surface area contributed by atoms with Gasteiger partial charge in [-0.05, 0) is 19.1 Å². The number of anilines is 1. The molecule has 0 aliphatic heterocycles. The predicted molar refractivity (Wildman–Crippen MR) is 97.2 cm³/mol. The van der Waals surface area contributed by atoms with Gasteiger partial charge < -0.3 is 10.4 Å². The number of hydrogen-bond acceptors (Lipinski definition) is 6. The largest absolute Gasteiger partial charge is 0.395 e. The number of rotatable bonds is 5. The van der Waals surface area contributed by atoms with Crippen molar-refractivity contribution in [3.63, 3.8) is 0 Å². The van der Waals surface area contributed by atoms with Gasteiger partial charge >= 0.3 is 0 Å². The van der Waals surface area contributed by atoms with Gasteiger partial charge in [-0.2, -0.15) is 0 Å². The van der Waals surface area contributed by atoms with Crippen molar-refractivity contribution < 1.29 is 9.50 Å². The second kappa shape index (κ2) is 7.25. The molecule has 0 fully saturated rings. The van der Waals surface area contributed by atoms with Gasteiger partial charge in [0.25, 0.3) is 5.56 Å². The molecule has 3 aromatic rings. The minimum absolute atomic E-state index is 0.0160. The molecular weight excluding hydrogens is 390 g/mol. The molecule has 0 spiro atoms. The maximum Gasteiger partial charge on any atom is 0.261 e. The van der Waals surface area contributed by atoms with Crippen LogP contribution in [0.1, 0.15) is 18.0 Å². The van der Waals surface area contributed by atoms with Crippen molar-refractivity contribution in [2.24, 2.45) is 0 Å². The normalized spacial score (nSPS) is 12.5. The van der Waals surface area contributed by atoms with Gasteiger partial charge in [0.1, 0.15) is 14.9 Å². The Hall–Kier alpha value is -1.74. The standard InChI is InChI=1S/C15H13Cl2FN4O2S/c1-7(14-21-12(16)13(17)25-14)20-8-4-9-11(10(18)5-8)19-6-22(2-3-23)15(9)24/h4-7,20,23H,2-3H2,1H3. The number of aromatic nitrogens is 3. The number of fused-ring (bicyclic) bond motifs is 1. The van der Waals surface area contributed by atoms with Crippen LogP contribution in [0.2, 0.25) is 9.49 Å². The molecule has 0 saturated carbocycles. The third-order valence-electron chi connectivity index (χ3n) is 3.54. The van der Waals surface area contributed by atoms with Crippen LogP contribution in [0.15, 0.2) is 23.3 Å². The number of aliphatic hydroxyl groups is 1. The van der Waals surface area contributed by atoms with E-state index in [1.807, 2.05) is 6.92 Å². The van der Waals surface area contributed by atoms with E-state index in [2.05, 4.69) is 15.3 Å². The fraction of sp³-hybridized carbons (Fsp3) is 0.267. The molecular formula is C15H13Cl2FN4O2S. The number of nitrogens with one attached hydrogen (secondary N) is 1. The maximum atomic E-state index is 14.3. The zero-order valence-corrected chi connectivity index (χ0v) is 15.3. The average Bonchev–Trinajstić information content (AvgIpc) is 2.90. The maximum absolute atomic E-state index is 14.3. The highest BCUT2D eigenvalue weighted by atomic mass is 35.5. The predicted octanol–water partition coefficient (Wildman–Crippen LogP) is 3.46. The number of benzene rings is 1. The Morgan fingerprint density at radius 2 is 2.20 bits per heavy atom. The van der Waals surface area contributed by atoms with E-state index >= 15 is 0 Å². The van der Waals surface area contributed by atoms with Crippen molar-refractivity contribution in [1.29, 1.82) is 0 Å². The quantitative estimate of drug-likeness (QED) is 0.682. The summed E-state index contributed by atoms with van der Waals surface area (Å²) in [7, 11) is 0. The Kier molecular flexibility index (Phi) is 5.24. The first-order valence-corrected chi connectivity index (χ1v) is 8.85. The summed E-state index contributed by atoms with van der Waals surface area (Å²) < 4.78 is 15.9. The van der Waals surface area contributed by atoms with E-state index < -0.39 is 11.4 Å². The van der Waals surface area contributed by atoms with Crippen LogP contribution in [0.5, 0.6) is 0 Å². The molecule has 10 heteroatoms. The first kappa shape index (κ1) is 18.1. The molecule has 2 aromatic heterocycles. The molecule has 0 saturated heterocycles. The number of nitrogens with zero attached hydrogens (tertiary/aromatic N) is 3. The molecule has 0 amide bonds. The lowest BCUT2D eigenvalue weighted by molar-refractivity contribution is 0.274. The van der Waals surface area contributed by atoms with Crippen molar-refractivity contribution in [3.05, 3.63) is 49.1 Å². The number of thiazole rings is 1. The second-order valence-corrected chi connectivity index (χ2v) is 7.29. The third kappa shape index (κ3) is 3.62. The number of hydrogen-bond donors (Lipinski definition) is 2. The smallest absolute Gasteiger partial charge is 0.261 e. The van der Waals surface area contributed by atoms with Crippen molar-refractivity contribution in [2.45, 2.75) is 19.5 Å². The Balaban J connectivity index is 1.99. The van der Waals surface area contributed by atoms with Crippen molar-refractivity contribution in [2.75, 3.05) is 11.9 Å². The summed E-state index contributed by atoms with van der Waals surface area (Å²) in [4.78, 5) is 20.5. The first-order valence-electron chi connectivity index (χ1n) is 7.28. The van der Waals surface area contributed by atoms with Crippen LogP contribution in [-0.4, -0.2) is 26.2 Å². The van der Waals surface area contributed by atoms with Gasteiger partial charge in [-0.15, -0.1) is 11.3 Å². The first-order chi connectivity index (χ1) is 11.9. The molecule has 25 heavy (non-hydrogen) atoms. The molecule has 1 atom stereocenters. The summed E-state index contributed by atoms with van der Waals surface area (Å²) in [5, 5.41) is 13.1. The van der Waals surface area contributed by atoms with Gasteiger partial charge in [-0.1, -0.05) is 23.2 Å². The summed E-state index contributed by atoms with van der Waals surface area (Å²) >= 11 is 13.0. The van der Waals surface area contributed by atoms with Crippen LogP contribution in [0, 0.1) is 5.82 Å². The molecule has 1 aromatic carbocycles. The summed E-state index contributed by atoms with van der Waals surface area (Å²) in [6, 6.07) is 2.50. The molecule has 0 radical (unpaired) electrons. The Morgan fingerprint density at radius 1 is 1.44 bits per heavy atom. The Labute approximate surface area is 155 Å². The van der Waals surface area contributed by atoms with Gasteiger partial charge in [0, 0.05) is 5.69 Å². The highest BCUT2D eigenvalue weighted by molar-refractivity contribution is 7.16. The Bertz CT molecular complexity index is 972. The fourth-order valence-electron chi connectivity index (χ4n) is 2.37. The molecule has 6 nitrogen and oxygen atoms in total. The topological polar surface area (TPSA) is 80.0 Å². The van der Waals surface area contributed by atoms with Crippen LogP contribution in [0.25, 0.3) is 10.9 Å². The second-order valence-electron chi connectivity index (χ2n) is 5.30. The lowest BCUT2D eigenvalue weighted by Gasteiger charge is -2.14. The summed E-state index contributed by atoms with van der Waals surface area (Å²) in [5.74, 6) is -0.615. The van der Waals surface area contributed by atoms with E-state index in [0.717, 1.165) is 0 Å². The molecule has 132 valence electrons. The van der Waals surface area contributed by atoms with Crippen LogP contribution in [0.3, 0.4) is 0 Å². The van der Waals surface area contributed by atoms with E-state index in [9.17, 15) is 9.18 Å². The lowest BCUT2D eigenvalue weighted by Crippen LogP contribution is -2.22. The van der Waals surface area contributed by atoms with Gasteiger partial charge in [0.15, 0.2) is 11.0 Å². The minimum atomic E-state index is -0.615. The summed E-state index contributed by atoms with van der Waals surface area (Å²) in [5.41, 5.74) is -0.0343. The van der Waals surface area contributed by atoms with Crippen LogP contribution in [-0.2, 0) is 6.54 Å². The monoisotopic (exact) mass is 402 g/mol. The zero-order valence-electron chi connectivity index (χ0n) is 13.0. The highest BCUT2D eigenvalue weighted by Gasteiger charge is 2.16. The third-order valence-corrected chi connectivity index (χ3v) is 5.46. The molecule has 1 unspecified atom stereocenters. The minimum Gasteiger partial charge on any atom is -0.395 e. The molecule has 0 bridgehead atoms. The fourth-order valence-corrected chi connectivity index (χ4v) is 3.60. The molecule has 0 aliphatic rings. The van der Waals surface area contributed by atoms with E-state index in [0.29, 0.717) is 15.0 Å². The summed E-state index contributed by atoms with van der Waals surface area (Å²) in [6.45, 7) is 1.70. The van der Waals surface area contributed by atoms with Gasteiger partial charge in [-0.25, -0.2) is 14.4 Å². The zero-order chi connectivity index (χ0) is 18.1. The van der Waals surface area contributed by atoms with E-state index in [-0.39, 0.29) is 35.2 Å². The van der Waals surface area contributed by atoms with Gasteiger partial charge in [0.05, 0.1) is 30.9 Å². The summed E-state index contributed by atoms with van der Waals surface area (Å²) in [6.07, 6.45) is 1.22. The van der Waals surface area contributed by atoms with Gasteiger partial charge in [-0.3, -0.25) is 9.36 Å². The van der Waals surface area contributed by atoms with Crippen LogP contribution < -0.4 is 10.9 Å². The van der Waals surface area contributed by atoms with Crippen molar-refractivity contribution in [1.82, 2.24) is 14.5 Å². The molecule has 3 rings (SSSR count). The molecule has 0 aliphatic carbocycles. The lowest BCUT2D eigenvalue weighted by atomic mass is 10.2. The van der Waals surface area contributed by atoms with Crippen molar-refractivity contribution >= 4 is 51.1 Å². The van der Waals surface area contributed by atoms with E-state index in [1.165, 1.54) is 34.4 Å². The van der Waals surface area contributed by atoms with Crippen molar-refractivity contribution in [3.8, 4) is 0 Å². The van der Waals surface area contributed by atoms with E-state index in [1.54, 1.807) is 0 Å². The highest BCUT2D eigenvalue weighted by Crippen LogP contribution is 2.33. The SMILES string of the molecule is CC(Nc1cc(F)c2ncn(CCO)c(=O)c2c1)c1nc(Cl)c(Cl)s1. The average molecular weight is 403 g/mol. The molecule has 2 heterocycles. The molecule has 2 N–H and O–H groups in total. The van der Waals surface area contributed by atoms with Gasteiger partial charge in [0.2, 0.25) is 0 Å². The Morgan fingerprint density at radius 3 is 2.84 bits per heavy atom. The van der Waals surface area contributed by atoms with Crippen LogP contribution in [0.4, 0.5) is 10.1 Å².